The molecule has 0 bridgehead atoms. The Hall–Kier alpha value is -2.03. The van der Waals surface area contributed by atoms with Crippen LogP contribution in [0.4, 0.5) is 8.78 Å². The summed E-state index contributed by atoms with van der Waals surface area (Å²) in [6.07, 6.45) is 2.13. The lowest BCUT2D eigenvalue weighted by Gasteiger charge is -2.07. The molecule has 0 amide bonds. The number of hydrogen-bond donors (Lipinski definition) is 0. The topological polar surface area (TPSA) is 61.4 Å². The van der Waals surface area contributed by atoms with E-state index in [0.717, 1.165) is 17.4 Å². The Morgan fingerprint density at radius 1 is 1.27 bits per heavy atom. The monoisotopic (exact) mass is 322 g/mol. The smallest absolute Gasteiger partial charge is 0.269 e. The summed E-state index contributed by atoms with van der Waals surface area (Å²) in [4.78, 5) is 4.31. The Labute approximate surface area is 128 Å². The summed E-state index contributed by atoms with van der Waals surface area (Å²) in [5.74, 6) is 0.623. The summed E-state index contributed by atoms with van der Waals surface area (Å²) < 4.78 is 29.4. The van der Waals surface area contributed by atoms with Crippen LogP contribution in [0.3, 0.4) is 0 Å². The molecule has 22 heavy (non-hydrogen) atoms. The summed E-state index contributed by atoms with van der Waals surface area (Å²) in [6, 6.07) is 7.25. The van der Waals surface area contributed by atoms with Crippen LogP contribution in [-0.4, -0.2) is 29.8 Å². The molecule has 0 unspecified atom stereocenters. The molecule has 2 aromatic heterocycles. The number of nitrogens with zero attached hydrogens (tertiary/aromatic N) is 6. The average Bonchev–Trinajstić information content (AvgIpc) is 3.12. The van der Waals surface area contributed by atoms with Crippen LogP contribution in [-0.2, 0) is 5.75 Å². The zero-order valence-corrected chi connectivity index (χ0v) is 12.2. The number of tetrazole rings is 1. The van der Waals surface area contributed by atoms with Gasteiger partial charge in [0.25, 0.3) is 0 Å². The predicted octanol–water partition coefficient (Wildman–Crippen LogP) is 3.05. The van der Waals surface area contributed by atoms with Crippen molar-refractivity contribution in [2.24, 2.45) is 0 Å². The third-order valence-corrected chi connectivity index (χ3v) is 4.48. The molecule has 0 radical (unpaired) electrons. The van der Waals surface area contributed by atoms with Gasteiger partial charge in [0.1, 0.15) is 5.82 Å². The maximum atomic E-state index is 13.3. The quantitative estimate of drug-likeness (QED) is 0.676. The van der Waals surface area contributed by atoms with Crippen LogP contribution in [0.2, 0.25) is 0 Å². The van der Waals surface area contributed by atoms with Crippen LogP contribution >= 0.6 is 11.8 Å². The standard InChI is InChI=1S/C13H12F2N6S/c14-12(15)20-10-4-2-1-3-9(10)16-11(20)7-22-13-17-18-19-21(13)8-5-6-8/h1-4,8,12H,5-7H2. The van der Waals surface area contributed by atoms with Crippen molar-refractivity contribution in [1.29, 1.82) is 0 Å². The number of hydrogen-bond acceptors (Lipinski definition) is 5. The van der Waals surface area contributed by atoms with Crippen molar-refractivity contribution in [3.63, 3.8) is 0 Å². The van der Waals surface area contributed by atoms with Gasteiger partial charge in [-0.25, -0.2) is 9.67 Å². The summed E-state index contributed by atoms with van der Waals surface area (Å²) in [6.45, 7) is -2.62. The number of benzene rings is 1. The Bertz CT molecular complexity index is 810. The lowest BCUT2D eigenvalue weighted by molar-refractivity contribution is 0.0722. The van der Waals surface area contributed by atoms with Gasteiger partial charge in [-0.3, -0.25) is 4.57 Å². The molecular formula is C13H12F2N6S. The van der Waals surface area contributed by atoms with Crippen molar-refractivity contribution in [2.75, 3.05) is 0 Å². The molecule has 1 aromatic carbocycles. The zero-order valence-electron chi connectivity index (χ0n) is 11.4. The van der Waals surface area contributed by atoms with Crippen molar-refractivity contribution < 1.29 is 8.78 Å². The van der Waals surface area contributed by atoms with Gasteiger partial charge in [0.15, 0.2) is 0 Å². The fraction of sp³-hybridized carbons (Fsp3) is 0.385. The van der Waals surface area contributed by atoms with E-state index in [1.165, 1.54) is 11.8 Å². The number of thioether (sulfide) groups is 1. The molecule has 3 aromatic rings. The Kier molecular flexibility index (Phi) is 3.29. The number of para-hydroxylation sites is 2. The van der Waals surface area contributed by atoms with E-state index in [1.54, 1.807) is 28.9 Å². The molecule has 0 aliphatic heterocycles. The molecule has 6 nitrogen and oxygen atoms in total. The van der Waals surface area contributed by atoms with Gasteiger partial charge in [-0.15, -0.1) is 5.10 Å². The molecule has 1 aliphatic carbocycles. The molecule has 4 rings (SSSR count). The largest absolute Gasteiger partial charge is 0.320 e. The van der Waals surface area contributed by atoms with Crippen molar-refractivity contribution in [3.8, 4) is 0 Å². The summed E-state index contributed by atoms with van der Waals surface area (Å²) >= 11 is 1.33. The minimum absolute atomic E-state index is 0.298. The number of imidazole rings is 1. The molecule has 1 fully saturated rings. The molecule has 2 heterocycles. The first-order chi connectivity index (χ1) is 10.7. The third-order valence-electron chi connectivity index (χ3n) is 3.55. The highest BCUT2D eigenvalue weighted by Gasteiger charge is 2.28. The molecule has 0 atom stereocenters. The molecule has 0 N–H and O–H groups in total. The fourth-order valence-corrected chi connectivity index (χ4v) is 3.25. The van der Waals surface area contributed by atoms with E-state index in [-0.39, 0.29) is 0 Å². The van der Waals surface area contributed by atoms with Crippen LogP contribution in [0.25, 0.3) is 11.0 Å². The maximum Gasteiger partial charge on any atom is 0.320 e. The number of aromatic nitrogens is 6. The third kappa shape index (κ3) is 2.35. The first-order valence-electron chi connectivity index (χ1n) is 6.88. The van der Waals surface area contributed by atoms with Gasteiger partial charge < -0.3 is 0 Å². The van der Waals surface area contributed by atoms with E-state index in [1.807, 2.05) is 0 Å². The Balaban J connectivity index is 1.63. The van der Waals surface area contributed by atoms with Crippen LogP contribution in [0, 0.1) is 0 Å². The molecule has 0 spiro atoms. The average molecular weight is 322 g/mol. The second-order valence-corrected chi connectivity index (χ2v) is 6.03. The Morgan fingerprint density at radius 2 is 2.09 bits per heavy atom. The van der Waals surface area contributed by atoms with E-state index < -0.39 is 6.55 Å². The van der Waals surface area contributed by atoms with Gasteiger partial charge in [-0.1, -0.05) is 23.9 Å². The summed E-state index contributed by atoms with van der Waals surface area (Å²) in [7, 11) is 0. The minimum atomic E-state index is -2.62. The van der Waals surface area contributed by atoms with E-state index in [4.69, 9.17) is 0 Å². The van der Waals surface area contributed by atoms with E-state index in [9.17, 15) is 8.78 Å². The van der Waals surface area contributed by atoms with Crippen molar-refractivity contribution >= 4 is 22.8 Å². The van der Waals surface area contributed by atoms with E-state index in [0.29, 0.717) is 33.8 Å². The van der Waals surface area contributed by atoms with Crippen molar-refractivity contribution in [3.05, 3.63) is 30.1 Å². The van der Waals surface area contributed by atoms with Gasteiger partial charge in [0.05, 0.1) is 22.8 Å². The highest BCUT2D eigenvalue weighted by molar-refractivity contribution is 7.98. The fourth-order valence-electron chi connectivity index (χ4n) is 2.37. The van der Waals surface area contributed by atoms with Gasteiger partial charge in [-0.2, -0.15) is 8.78 Å². The molecule has 1 saturated carbocycles. The van der Waals surface area contributed by atoms with E-state index >= 15 is 0 Å². The highest BCUT2D eigenvalue weighted by Crippen LogP contribution is 2.37. The van der Waals surface area contributed by atoms with Crippen LogP contribution in [0.15, 0.2) is 29.4 Å². The maximum absolute atomic E-state index is 13.3. The lowest BCUT2D eigenvalue weighted by Crippen LogP contribution is -2.04. The summed E-state index contributed by atoms with van der Waals surface area (Å²) in [5.41, 5.74) is 1.01. The van der Waals surface area contributed by atoms with Crippen LogP contribution in [0.1, 0.15) is 31.3 Å². The van der Waals surface area contributed by atoms with Gasteiger partial charge in [0, 0.05) is 0 Å². The molecule has 0 saturated heterocycles. The first-order valence-corrected chi connectivity index (χ1v) is 7.87. The normalized spacial score (nSPS) is 15.0. The zero-order chi connectivity index (χ0) is 15.1. The van der Waals surface area contributed by atoms with Crippen LogP contribution in [0.5, 0.6) is 0 Å². The van der Waals surface area contributed by atoms with Gasteiger partial charge in [0.2, 0.25) is 5.16 Å². The van der Waals surface area contributed by atoms with Gasteiger partial charge >= 0.3 is 6.55 Å². The first kappa shape index (κ1) is 13.6. The predicted molar refractivity (Wildman–Crippen MR) is 76.6 cm³/mol. The van der Waals surface area contributed by atoms with Gasteiger partial charge in [-0.05, 0) is 35.4 Å². The minimum Gasteiger partial charge on any atom is -0.269 e. The summed E-state index contributed by atoms with van der Waals surface area (Å²) in [5, 5.41) is 12.2. The molecule has 9 heteroatoms. The SMILES string of the molecule is FC(F)n1c(CSc2nnnn2C2CC2)nc2ccccc21. The molecular weight excluding hydrogens is 310 g/mol. The molecule has 1 aliphatic rings. The van der Waals surface area contributed by atoms with E-state index in [2.05, 4.69) is 20.5 Å². The second kappa shape index (κ2) is 5.31. The second-order valence-electron chi connectivity index (χ2n) is 5.09. The highest BCUT2D eigenvalue weighted by atomic mass is 32.2. The van der Waals surface area contributed by atoms with Crippen molar-refractivity contribution in [1.82, 2.24) is 29.8 Å². The number of alkyl halides is 2. The van der Waals surface area contributed by atoms with Crippen molar-refractivity contribution in [2.45, 2.75) is 36.3 Å². The van der Waals surface area contributed by atoms with Crippen LogP contribution < -0.4 is 0 Å². The number of rotatable bonds is 5. The number of halogens is 2. The molecule has 114 valence electrons. The Morgan fingerprint density at radius 3 is 2.86 bits per heavy atom. The lowest BCUT2D eigenvalue weighted by atomic mass is 10.3. The number of fused-ring (bicyclic) bond motifs is 1.